The van der Waals surface area contributed by atoms with Crippen molar-refractivity contribution >= 4 is 34.2 Å². The van der Waals surface area contributed by atoms with Crippen LogP contribution in [0.4, 0.5) is 5.69 Å². The SMILES string of the molecule is O=C(O)c1cc2cc(CNc3ccc(Cl)cc3)ccc2o1. The molecule has 3 aromatic rings. The molecule has 0 bridgehead atoms. The van der Waals surface area contributed by atoms with Gasteiger partial charge >= 0.3 is 5.97 Å². The molecule has 0 aliphatic heterocycles. The largest absolute Gasteiger partial charge is 0.475 e. The van der Waals surface area contributed by atoms with Crippen LogP contribution in [0.3, 0.4) is 0 Å². The summed E-state index contributed by atoms with van der Waals surface area (Å²) in [6.45, 7) is 0.630. The Bertz CT molecular complexity index is 793. The molecule has 0 unspecified atom stereocenters. The molecule has 0 saturated heterocycles. The van der Waals surface area contributed by atoms with E-state index in [2.05, 4.69) is 5.32 Å². The first-order valence-corrected chi connectivity index (χ1v) is 6.75. The number of carboxylic acids is 1. The summed E-state index contributed by atoms with van der Waals surface area (Å²) >= 11 is 5.84. The zero-order valence-corrected chi connectivity index (χ0v) is 11.7. The summed E-state index contributed by atoms with van der Waals surface area (Å²) in [7, 11) is 0. The lowest BCUT2D eigenvalue weighted by atomic mass is 10.1. The van der Waals surface area contributed by atoms with E-state index in [1.165, 1.54) is 6.07 Å². The standard InChI is InChI=1S/C16H12ClNO3/c17-12-2-4-13(5-3-12)18-9-10-1-6-14-11(7-10)8-15(21-14)16(19)20/h1-8,18H,9H2,(H,19,20). The minimum Gasteiger partial charge on any atom is -0.475 e. The minimum atomic E-state index is -1.06. The predicted molar refractivity (Wildman–Crippen MR) is 82.0 cm³/mol. The van der Waals surface area contributed by atoms with Crippen LogP contribution in [-0.4, -0.2) is 11.1 Å². The van der Waals surface area contributed by atoms with Gasteiger partial charge in [-0.15, -0.1) is 0 Å². The van der Waals surface area contributed by atoms with E-state index in [-0.39, 0.29) is 5.76 Å². The van der Waals surface area contributed by atoms with Gasteiger partial charge < -0.3 is 14.8 Å². The van der Waals surface area contributed by atoms with Gasteiger partial charge in [0.2, 0.25) is 5.76 Å². The molecular formula is C16H12ClNO3. The van der Waals surface area contributed by atoms with Crippen molar-refractivity contribution in [3.63, 3.8) is 0 Å². The normalized spacial score (nSPS) is 10.7. The number of aromatic carboxylic acids is 1. The molecule has 5 heteroatoms. The van der Waals surface area contributed by atoms with Gasteiger partial charge in [-0.3, -0.25) is 0 Å². The first kappa shape index (κ1) is 13.5. The Hall–Kier alpha value is -2.46. The quantitative estimate of drug-likeness (QED) is 0.750. The third kappa shape index (κ3) is 3.01. The molecule has 2 N–H and O–H groups in total. The number of fused-ring (bicyclic) bond motifs is 1. The highest BCUT2D eigenvalue weighted by Crippen LogP contribution is 2.21. The number of hydrogen-bond donors (Lipinski definition) is 2. The van der Waals surface area contributed by atoms with E-state index >= 15 is 0 Å². The van der Waals surface area contributed by atoms with E-state index in [4.69, 9.17) is 21.1 Å². The summed E-state index contributed by atoms with van der Waals surface area (Å²) in [5.41, 5.74) is 2.58. The minimum absolute atomic E-state index is 0.0483. The lowest BCUT2D eigenvalue weighted by Gasteiger charge is -2.06. The second kappa shape index (κ2) is 5.50. The lowest BCUT2D eigenvalue weighted by molar-refractivity contribution is 0.0665. The van der Waals surface area contributed by atoms with Crippen LogP contribution in [-0.2, 0) is 6.54 Å². The highest BCUT2D eigenvalue weighted by Gasteiger charge is 2.10. The first-order valence-electron chi connectivity index (χ1n) is 6.37. The highest BCUT2D eigenvalue weighted by atomic mass is 35.5. The number of hydrogen-bond acceptors (Lipinski definition) is 3. The van der Waals surface area contributed by atoms with Crippen molar-refractivity contribution in [2.24, 2.45) is 0 Å². The monoisotopic (exact) mass is 301 g/mol. The van der Waals surface area contributed by atoms with Gasteiger partial charge in [0, 0.05) is 22.6 Å². The van der Waals surface area contributed by atoms with Gasteiger partial charge in [-0.1, -0.05) is 17.7 Å². The number of nitrogens with one attached hydrogen (secondary N) is 1. The topological polar surface area (TPSA) is 62.5 Å². The Balaban J connectivity index is 1.77. The molecule has 1 aromatic heterocycles. The molecular weight excluding hydrogens is 290 g/mol. The van der Waals surface area contributed by atoms with Gasteiger partial charge in [0.15, 0.2) is 0 Å². The maximum absolute atomic E-state index is 10.9. The number of carboxylic acid groups (broad SMARTS) is 1. The molecule has 0 fully saturated rings. The Kier molecular flexibility index (Phi) is 3.54. The van der Waals surface area contributed by atoms with Gasteiger partial charge in [-0.05, 0) is 48.0 Å². The summed E-state index contributed by atoms with van der Waals surface area (Å²) in [4.78, 5) is 10.9. The van der Waals surface area contributed by atoms with Crippen molar-refractivity contribution in [1.29, 1.82) is 0 Å². The molecule has 0 aliphatic rings. The van der Waals surface area contributed by atoms with E-state index in [1.54, 1.807) is 6.07 Å². The first-order chi connectivity index (χ1) is 10.1. The highest BCUT2D eigenvalue weighted by molar-refractivity contribution is 6.30. The zero-order valence-electron chi connectivity index (χ0n) is 11.0. The predicted octanol–water partition coefficient (Wildman–Crippen LogP) is 4.40. The van der Waals surface area contributed by atoms with Crippen molar-refractivity contribution in [3.05, 3.63) is 64.9 Å². The molecule has 4 nitrogen and oxygen atoms in total. The third-order valence-electron chi connectivity index (χ3n) is 3.13. The molecule has 0 atom stereocenters. The molecule has 0 amide bonds. The zero-order chi connectivity index (χ0) is 14.8. The fourth-order valence-corrected chi connectivity index (χ4v) is 2.21. The second-order valence-electron chi connectivity index (χ2n) is 4.65. The number of halogens is 1. The molecule has 21 heavy (non-hydrogen) atoms. The van der Waals surface area contributed by atoms with Crippen LogP contribution >= 0.6 is 11.6 Å². The van der Waals surface area contributed by atoms with Gasteiger partial charge in [-0.2, -0.15) is 0 Å². The number of carbonyl (C=O) groups is 1. The van der Waals surface area contributed by atoms with Crippen molar-refractivity contribution in [2.45, 2.75) is 6.54 Å². The second-order valence-corrected chi connectivity index (χ2v) is 5.08. The molecule has 2 aromatic carbocycles. The van der Waals surface area contributed by atoms with Gasteiger partial charge in [0.25, 0.3) is 0 Å². The summed E-state index contributed by atoms with van der Waals surface area (Å²) in [5.74, 6) is -1.11. The summed E-state index contributed by atoms with van der Waals surface area (Å²) in [6, 6.07) is 14.6. The summed E-state index contributed by atoms with van der Waals surface area (Å²) in [6.07, 6.45) is 0. The number of benzene rings is 2. The van der Waals surface area contributed by atoms with E-state index in [9.17, 15) is 4.79 Å². The van der Waals surface area contributed by atoms with Crippen LogP contribution in [0.2, 0.25) is 5.02 Å². The molecule has 3 rings (SSSR count). The van der Waals surface area contributed by atoms with Crippen LogP contribution < -0.4 is 5.32 Å². The summed E-state index contributed by atoms with van der Waals surface area (Å²) < 4.78 is 5.23. The maximum atomic E-state index is 10.9. The smallest absolute Gasteiger partial charge is 0.371 e. The Labute approximate surface area is 126 Å². The van der Waals surface area contributed by atoms with Gasteiger partial charge in [0.1, 0.15) is 5.58 Å². The fraction of sp³-hybridized carbons (Fsp3) is 0.0625. The Morgan fingerprint density at radius 1 is 1.14 bits per heavy atom. The fourth-order valence-electron chi connectivity index (χ4n) is 2.08. The summed E-state index contributed by atoms with van der Waals surface area (Å²) in [5, 5.41) is 13.7. The molecule has 106 valence electrons. The molecule has 0 radical (unpaired) electrons. The maximum Gasteiger partial charge on any atom is 0.371 e. The third-order valence-corrected chi connectivity index (χ3v) is 3.38. The van der Waals surface area contributed by atoms with Crippen LogP contribution in [0, 0.1) is 0 Å². The van der Waals surface area contributed by atoms with E-state index < -0.39 is 5.97 Å². The molecule has 0 spiro atoms. The molecule has 0 aliphatic carbocycles. The van der Waals surface area contributed by atoms with Crippen molar-refractivity contribution in [3.8, 4) is 0 Å². The number of furan rings is 1. The molecule has 0 saturated carbocycles. The number of rotatable bonds is 4. The van der Waals surface area contributed by atoms with Gasteiger partial charge in [-0.25, -0.2) is 4.79 Å². The lowest BCUT2D eigenvalue weighted by Crippen LogP contribution is -1.98. The van der Waals surface area contributed by atoms with Gasteiger partial charge in [0.05, 0.1) is 0 Å². The molecule has 1 heterocycles. The van der Waals surface area contributed by atoms with Crippen LogP contribution in [0.25, 0.3) is 11.0 Å². The van der Waals surface area contributed by atoms with E-state index in [1.807, 2.05) is 36.4 Å². The average molecular weight is 302 g/mol. The average Bonchev–Trinajstić information content (AvgIpc) is 2.90. The van der Waals surface area contributed by atoms with Crippen LogP contribution in [0.5, 0.6) is 0 Å². The van der Waals surface area contributed by atoms with Crippen LogP contribution in [0.1, 0.15) is 16.1 Å². The van der Waals surface area contributed by atoms with Crippen molar-refractivity contribution in [2.75, 3.05) is 5.32 Å². The van der Waals surface area contributed by atoms with E-state index in [0.29, 0.717) is 17.2 Å². The van der Waals surface area contributed by atoms with Crippen LogP contribution in [0.15, 0.2) is 52.9 Å². The van der Waals surface area contributed by atoms with E-state index in [0.717, 1.165) is 16.6 Å². The number of anilines is 1. The Morgan fingerprint density at radius 2 is 1.90 bits per heavy atom. The Morgan fingerprint density at radius 3 is 2.62 bits per heavy atom. The van der Waals surface area contributed by atoms with Crippen molar-refractivity contribution < 1.29 is 14.3 Å². The van der Waals surface area contributed by atoms with Crippen molar-refractivity contribution in [1.82, 2.24) is 0 Å².